The van der Waals surface area contributed by atoms with E-state index in [0.29, 0.717) is 0 Å². The minimum atomic E-state index is -1.76. The number of aliphatic hydroxyl groups is 8. The molecular formula is C27H30O16. The number of benzene rings is 2. The van der Waals surface area contributed by atoms with Crippen LogP contribution in [0.1, 0.15) is 0 Å². The SMILES string of the molecule is O=c1c(-c2ccc(O)c(OC3O[C@H](CO)[C@@H](O)[C@H](O)[C@H]3O)c2)coc2cc(OC3O[C@H](CO)[C@@H](O)[C@H](O)[C@H]3O)cc(O)c12. The van der Waals surface area contributed by atoms with Gasteiger partial charge in [-0.2, -0.15) is 0 Å². The van der Waals surface area contributed by atoms with Gasteiger partial charge in [-0.05, 0) is 17.7 Å². The molecule has 0 spiro atoms. The van der Waals surface area contributed by atoms with Crippen LogP contribution in [-0.4, -0.2) is 126 Å². The van der Waals surface area contributed by atoms with Crippen LogP contribution in [0.2, 0.25) is 0 Å². The number of aromatic hydroxyl groups is 2. The van der Waals surface area contributed by atoms with Crippen LogP contribution in [0.3, 0.4) is 0 Å². The molecule has 2 aliphatic rings. The molecule has 0 radical (unpaired) electrons. The molecule has 16 nitrogen and oxygen atoms in total. The van der Waals surface area contributed by atoms with Crippen LogP contribution in [0.25, 0.3) is 22.1 Å². The molecule has 43 heavy (non-hydrogen) atoms. The lowest BCUT2D eigenvalue weighted by Crippen LogP contribution is -2.60. The van der Waals surface area contributed by atoms with E-state index in [9.17, 15) is 55.9 Å². The van der Waals surface area contributed by atoms with E-state index in [2.05, 4.69) is 0 Å². The zero-order valence-electron chi connectivity index (χ0n) is 22.1. The van der Waals surface area contributed by atoms with Crippen LogP contribution in [0.4, 0.5) is 0 Å². The number of hydrogen-bond acceptors (Lipinski definition) is 16. The first-order chi connectivity index (χ1) is 20.4. The molecular weight excluding hydrogens is 580 g/mol. The average molecular weight is 611 g/mol. The maximum absolute atomic E-state index is 13.4. The fraction of sp³-hybridized carbons (Fsp3) is 0.444. The normalized spacial score (nSPS) is 32.9. The third-order valence-electron chi connectivity index (χ3n) is 7.29. The molecule has 234 valence electrons. The van der Waals surface area contributed by atoms with Crippen molar-refractivity contribution in [3.05, 3.63) is 46.8 Å². The summed E-state index contributed by atoms with van der Waals surface area (Å²) < 4.78 is 27.1. The fourth-order valence-electron chi connectivity index (χ4n) is 4.84. The van der Waals surface area contributed by atoms with Gasteiger partial charge in [-0.3, -0.25) is 4.79 Å². The van der Waals surface area contributed by atoms with Gasteiger partial charge in [0.1, 0.15) is 77.6 Å². The van der Waals surface area contributed by atoms with Crippen molar-refractivity contribution in [2.75, 3.05) is 13.2 Å². The first-order valence-electron chi connectivity index (χ1n) is 13.0. The number of phenols is 2. The molecule has 0 aliphatic carbocycles. The highest BCUT2D eigenvalue weighted by atomic mass is 16.7. The molecule has 2 aliphatic heterocycles. The minimum absolute atomic E-state index is 0.0935. The Hall–Kier alpha value is -3.55. The zero-order chi connectivity index (χ0) is 31.2. The molecule has 3 heterocycles. The van der Waals surface area contributed by atoms with Gasteiger partial charge < -0.3 is 74.4 Å². The van der Waals surface area contributed by atoms with Crippen molar-refractivity contribution < 1.29 is 74.4 Å². The Morgan fingerprint density at radius 1 is 0.698 bits per heavy atom. The molecule has 10 N–H and O–H groups in total. The molecule has 5 rings (SSSR count). The second kappa shape index (κ2) is 12.2. The van der Waals surface area contributed by atoms with Crippen molar-refractivity contribution in [2.24, 2.45) is 0 Å². The van der Waals surface area contributed by atoms with Gasteiger partial charge in [0.05, 0.1) is 18.8 Å². The number of ether oxygens (including phenoxy) is 4. The topological polar surface area (TPSA) is 269 Å². The second-order valence-electron chi connectivity index (χ2n) is 10.1. The Balaban J connectivity index is 1.42. The summed E-state index contributed by atoms with van der Waals surface area (Å²) in [5.41, 5.74) is -0.828. The molecule has 3 aromatic rings. The standard InChI is InChI=1S/C27H30O16/c28-6-16-20(33)22(35)24(37)26(42-16)40-10-4-13(31)18-15(5-10)39-8-11(19(18)32)9-1-2-12(30)14(3-9)41-27-25(38)23(36)21(34)17(7-29)43-27/h1-5,8,16-17,20-31,33-38H,6-7H2/t16-,17-,20-,21-,22+,23+,24-,25-,26?,27?/m1/s1. The predicted molar refractivity (Wildman–Crippen MR) is 140 cm³/mol. The fourth-order valence-corrected chi connectivity index (χ4v) is 4.84. The van der Waals surface area contributed by atoms with Gasteiger partial charge in [-0.15, -0.1) is 0 Å². The molecule has 2 fully saturated rings. The Kier molecular flexibility index (Phi) is 8.77. The summed E-state index contributed by atoms with van der Waals surface area (Å²) >= 11 is 0. The highest BCUT2D eigenvalue weighted by Crippen LogP contribution is 2.36. The van der Waals surface area contributed by atoms with Gasteiger partial charge in [0.25, 0.3) is 0 Å². The molecule has 0 saturated carbocycles. The average Bonchev–Trinajstić information content (AvgIpc) is 2.98. The lowest BCUT2D eigenvalue weighted by atomic mass is 9.99. The Labute approximate surface area is 241 Å². The minimum Gasteiger partial charge on any atom is -0.507 e. The summed E-state index contributed by atoms with van der Waals surface area (Å²) in [4.78, 5) is 13.4. The van der Waals surface area contributed by atoms with Crippen molar-refractivity contribution in [1.29, 1.82) is 0 Å². The van der Waals surface area contributed by atoms with Crippen LogP contribution in [-0.2, 0) is 9.47 Å². The van der Waals surface area contributed by atoms with E-state index >= 15 is 0 Å². The van der Waals surface area contributed by atoms with E-state index in [0.717, 1.165) is 18.4 Å². The van der Waals surface area contributed by atoms with E-state index in [1.54, 1.807) is 0 Å². The van der Waals surface area contributed by atoms with Gasteiger partial charge in [0.2, 0.25) is 18.0 Å². The van der Waals surface area contributed by atoms with Crippen molar-refractivity contribution in [1.82, 2.24) is 0 Å². The Bertz CT molecular complexity index is 1500. The summed E-state index contributed by atoms with van der Waals surface area (Å²) in [6.07, 6.45) is -14.8. The van der Waals surface area contributed by atoms with E-state index in [1.165, 1.54) is 18.2 Å². The quantitative estimate of drug-likeness (QED) is 0.130. The van der Waals surface area contributed by atoms with E-state index in [4.69, 9.17) is 23.4 Å². The summed E-state index contributed by atoms with van der Waals surface area (Å²) in [5.74, 6) is -1.48. The van der Waals surface area contributed by atoms with E-state index < -0.39 is 91.6 Å². The monoisotopic (exact) mass is 610 g/mol. The number of phenolic OH excluding ortho intramolecular Hbond substituents is 2. The smallest absolute Gasteiger partial charge is 0.229 e. The summed E-state index contributed by atoms with van der Waals surface area (Å²) in [5, 5.41) is 99.8. The predicted octanol–water partition coefficient (Wildman–Crippen LogP) is -2.77. The Morgan fingerprint density at radius 3 is 1.86 bits per heavy atom. The van der Waals surface area contributed by atoms with Gasteiger partial charge in [-0.1, -0.05) is 6.07 Å². The van der Waals surface area contributed by atoms with Gasteiger partial charge >= 0.3 is 0 Å². The third-order valence-corrected chi connectivity index (χ3v) is 7.29. The van der Waals surface area contributed by atoms with Gasteiger partial charge in [-0.25, -0.2) is 0 Å². The number of hydrogen-bond donors (Lipinski definition) is 10. The molecule has 16 heteroatoms. The van der Waals surface area contributed by atoms with Crippen LogP contribution < -0.4 is 14.9 Å². The molecule has 0 bridgehead atoms. The molecule has 1 aromatic heterocycles. The molecule has 2 saturated heterocycles. The number of fused-ring (bicyclic) bond motifs is 1. The maximum atomic E-state index is 13.4. The van der Waals surface area contributed by atoms with Gasteiger partial charge in [0, 0.05) is 12.1 Å². The maximum Gasteiger partial charge on any atom is 0.229 e. The highest BCUT2D eigenvalue weighted by molar-refractivity contribution is 5.88. The lowest BCUT2D eigenvalue weighted by Gasteiger charge is -2.39. The van der Waals surface area contributed by atoms with Crippen molar-refractivity contribution >= 4 is 11.0 Å². The van der Waals surface area contributed by atoms with Crippen LogP contribution in [0, 0.1) is 0 Å². The lowest BCUT2D eigenvalue weighted by molar-refractivity contribution is -0.277. The number of rotatable bonds is 7. The van der Waals surface area contributed by atoms with Crippen molar-refractivity contribution in [2.45, 2.75) is 61.4 Å². The molecule has 2 aromatic carbocycles. The molecule has 10 atom stereocenters. The summed E-state index contributed by atoms with van der Waals surface area (Å²) in [6, 6.07) is 5.92. The van der Waals surface area contributed by atoms with Crippen molar-refractivity contribution in [3.8, 4) is 34.1 Å². The van der Waals surface area contributed by atoms with Crippen LogP contribution >= 0.6 is 0 Å². The molecule has 0 amide bonds. The van der Waals surface area contributed by atoms with E-state index in [-0.39, 0.29) is 33.6 Å². The summed E-state index contributed by atoms with van der Waals surface area (Å²) in [7, 11) is 0. The molecule has 2 unspecified atom stereocenters. The van der Waals surface area contributed by atoms with Crippen LogP contribution in [0.5, 0.6) is 23.0 Å². The van der Waals surface area contributed by atoms with Crippen molar-refractivity contribution in [3.63, 3.8) is 0 Å². The van der Waals surface area contributed by atoms with E-state index in [1.807, 2.05) is 0 Å². The van der Waals surface area contributed by atoms with Crippen LogP contribution in [0.15, 0.2) is 45.8 Å². The Morgan fingerprint density at radius 2 is 1.28 bits per heavy atom. The first kappa shape index (κ1) is 30.9. The third kappa shape index (κ3) is 5.73. The second-order valence-corrected chi connectivity index (χ2v) is 10.1. The first-order valence-corrected chi connectivity index (χ1v) is 13.0. The summed E-state index contributed by atoms with van der Waals surface area (Å²) in [6.45, 7) is -1.38. The number of aliphatic hydroxyl groups excluding tert-OH is 8. The van der Waals surface area contributed by atoms with Gasteiger partial charge in [0.15, 0.2) is 11.5 Å². The zero-order valence-corrected chi connectivity index (χ0v) is 22.1. The highest BCUT2D eigenvalue weighted by Gasteiger charge is 2.46. The largest absolute Gasteiger partial charge is 0.507 e.